The molecule has 1 amide bonds. The lowest BCUT2D eigenvalue weighted by Crippen LogP contribution is -2.39. The first-order valence-corrected chi connectivity index (χ1v) is 7.99. The predicted octanol–water partition coefficient (Wildman–Crippen LogP) is 1.90. The first kappa shape index (κ1) is 15.7. The molecule has 2 aromatic heterocycles. The van der Waals surface area contributed by atoms with Crippen molar-refractivity contribution in [3.8, 4) is 0 Å². The van der Waals surface area contributed by atoms with Crippen LogP contribution >= 0.6 is 0 Å². The van der Waals surface area contributed by atoms with E-state index in [0.29, 0.717) is 24.2 Å². The predicted molar refractivity (Wildman–Crippen MR) is 86.2 cm³/mol. The van der Waals surface area contributed by atoms with Crippen molar-refractivity contribution in [2.45, 2.75) is 46.2 Å². The topological polar surface area (TPSA) is 76.2 Å². The first-order chi connectivity index (χ1) is 11.0. The Morgan fingerprint density at radius 3 is 2.87 bits per heavy atom. The maximum atomic E-state index is 12.2. The van der Waals surface area contributed by atoms with E-state index in [1.54, 1.807) is 13.0 Å². The number of nitrogens with one attached hydrogen (secondary N) is 1. The van der Waals surface area contributed by atoms with Crippen molar-refractivity contribution in [3.05, 3.63) is 29.3 Å². The summed E-state index contributed by atoms with van der Waals surface area (Å²) in [6, 6.07) is 4.14. The van der Waals surface area contributed by atoms with Gasteiger partial charge in [0.25, 0.3) is 0 Å². The number of aromatic nitrogens is 3. The third-order valence-corrected chi connectivity index (χ3v) is 4.23. The molecule has 1 aliphatic heterocycles. The van der Waals surface area contributed by atoms with E-state index in [0.717, 1.165) is 37.3 Å². The molecule has 1 aliphatic rings. The lowest BCUT2D eigenvalue weighted by molar-refractivity contribution is -0.117. The molecule has 3 rings (SSSR count). The van der Waals surface area contributed by atoms with Crippen LogP contribution in [0.3, 0.4) is 0 Å². The van der Waals surface area contributed by atoms with Gasteiger partial charge >= 0.3 is 0 Å². The zero-order valence-electron chi connectivity index (χ0n) is 13.9. The SMILES string of the molecule is Cc1cc(C)n(C[C@@H]2CCCN2CC(=O)Nc2cc(C)on2)n1. The molecule has 1 N–H and O–H groups in total. The number of anilines is 1. The average Bonchev–Trinajstić information content (AvgIpc) is 3.15. The highest BCUT2D eigenvalue weighted by atomic mass is 16.5. The van der Waals surface area contributed by atoms with Crippen LogP contribution in [0.4, 0.5) is 5.82 Å². The fourth-order valence-corrected chi connectivity index (χ4v) is 3.16. The molecule has 1 fully saturated rings. The van der Waals surface area contributed by atoms with Gasteiger partial charge in [0.05, 0.1) is 18.8 Å². The van der Waals surface area contributed by atoms with Crippen LogP contribution in [0.5, 0.6) is 0 Å². The Morgan fingerprint density at radius 1 is 1.39 bits per heavy atom. The number of likely N-dealkylation sites (tertiary alicyclic amines) is 1. The molecule has 7 heteroatoms. The van der Waals surface area contributed by atoms with Crippen molar-refractivity contribution in [1.82, 2.24) is 19.8 Å². The van der Waals surface area contributed by atoms with E-state index < -0.39 is 0 Å². The normalized spacial score (nSPS) is 18.5. The molecular formula is C16H23N5O2. The van der Waals surface area contributed by atoms with Gasteiger partial charge in [0.15, 0.2) is 5.82 Å². The molecular weight excluding hydrogens is 294 g/mol. The summed E-state index contributed by atoms with van der Waals surface area (Å²) in [5.41, 5.74) is 2.20. The molecule has 1 saturated heterocycles. The summed E-state index contributed by atoms with van der Waals surface area (Å²) in [6.45, 7) is 8.01. The smallest absolute Gasteiger partial charge is 0.239 e. The molecule has 0 aromatic carbocycles. The van der Waals surface area contributed by atoms with E-state index >= 15 is 0 Å². The maximum absolute atomic E-state index is 12.2. The van der Waals surface area contributed by atoms with Crippen LogP contribution in [0.2, 0.25) is 0 Å². The lowest BCUT2D eigenvalue weighted by Gasteiger charge is -2.24. The highest BCUT2D eigenvalue weighted by Crippen LogP contribution is 2.19. The van der Waals surface area contributed by atoms with E-state index in [1.807, 2.05) is 11.6 Å². The third kappa shape index (κ3) is 3.79. The van der Waals surface area contributed by atoms with Crippen molar-refractivity contribution in [1.29, 1.82) is 0 Å². The van der Waals surface area contributed by atoms with Gasteiger partial charge < -0.3 is 9.84 Å². The maximum Gasteiger partial charge on any atom is 0.239 e. The monoisotopic (exact) mass is 317 g/mol. The van der Waals surface area contributed by atoms with Crippen LogP contribution in [0.15, 0.2) is 16.7 Å². The summed E-state index contributed by atoms with van der Waals surface area (Å²) in [6.07, 6.45) is 2.20. The van der Waals surface area contributed by atoms with Crippen LogP contribution in [0.1, 0.15) is 30.0 Å². The van der Waals surface area contributed by atoms with Gasteiger partial charge in [-0.15, -0.1) is 0 Å². The largest absolute Gasteiger partial charge is 0.360 e. The number of hydrogen-bond donors (Lipinski definition) is 1. The summed E-state index contributed by atoms with van der Waals surface area (Å²) in [5.74, 6) is 1.10. The van der Waals surface area contributed by atoms with Crippen LogP contribution in [-0.4, -0.2) is 44.9 Å². The van der Waals surface area contributed by atoms with Gasteiger partial charge in [-0.3, -0.25) is 14.4 Å². The molecule has 2 aromatic rings. The van der Waals surface area contributed by atoms with Crippen molar-refractivity contribution in [3.63, 3.8) is 0 Å². The lowest BCUT2D eigenvalue weighted by atomic mass is 10.2. The summed E-state index contributed by atoms with van der Waals surface area (Å²) < 4.78 is 7.00. The van der Waals surface area contributed by atoms with E-state index in [9.17, 15) is 4.79 Å². The van der Waals surface area contributed by atoms with Gasteiger partial charge in [0.2, 0.25) is 5.91 Å². The van der Waals surface area contributed by atoms with Crippen molar-refractivity contribution in [2.24, 2.45) is 0 Å². The number of rotatable bonds is 5. The minimum atomic E-state index is -0.0569. The van der Waals surface area contributed by atoms with Crippen LogP contribution in [0.25, 0.3) is 0 Å². The number of carbonyl (C=O) groups excluding carboxylic acids is 1. The molecule has 0 unspecified atom stereocenters. The average molecular weight is 317 g/mol. The second-order valence-corrected chi connectivity index (χ2v) is 6.25. The summed E-state index contributed by atoms with van der Waals surface area (Å²) in [4.78, 5) is 14.4. The molecule has 0 spiro atoms. The molecule has 1 atom stereocenters. The number of nitrogens with zero attached hydrogens (tertiary/aromatic N) is 4. The third-order valence-electron chi connectivity index (χ3n) is 4.23. The number of carbonyl (C=O) groups is 1. The molecule has 124 valence electrons. The first-order valence-electron chi connectivity index (χ1n) is 7.99. The van der Waals surface area contributed by atoms with Crippen LogP contribution < -0.4 is 5.32 Å². The molecule has 0 radical (unpaired) electrons. The minimum Gasteiger partial charge on any atom is -0.360 e. The van der Waals surface area contributed by atoms with Crippen molar-refractivity contribution < 1.29 is 9.32 Å². The Hall–Kier alpha value is -2.15. The zero-order chi connectivity index (χ0) is 16.4. The highest BCUT2D eigenvalue weighted by molar-refractivity contribution is 5.91. The Balaban J connectivity index is 1.58. The second kappa shape index (κ2) is 6.54. The second-order valence-electron chi connectivity index (χ2n) is 6.25. The number of aryl methyl sites for hydroxylation is 3. The Bertz CT molecular complexity index is 690. The Morgan fingerprint density at radius 2 is 2.22 bits per heavy atom. The molecule has 0 saturated carbocycles. The Kier molecular flexibility index (Phi) is 4.47. The van der Waals surface area contributed by atoms with E-state index in [-0.39, 0.29) is 5.91 Å². The van der Waals surface area contributed by atoms with Gasteiger partial charge in [0.1, 0.15) is 5.76 Å². The van der Waals surface area contributed by atoms with E-state index in [1.165, 1.54) is 0 Å². The fraction of sp³-hybridized carbons (Fsp3) is 0.562. The minimum absolute atomic E-state index is 0.0569. The molecule has 7 nitrogen and oxygen atoms in total. The quantitative estimate of drug-likeness (QED) is 0.911. The van der Waals surface area contributed by atoms with Crippen molar-refractivity contribution >= 4 is 11.7 Å². The van der Waals surface area contributed by atoms with Gasteiger partial charge in [-0.25, -0.2) is 0 Å². The zero-order valence-corrected chi connectivity index (χ0v) is 13.9. The van der Waals surface area contributed by atoms with Crippen LogP contribution in [-0.2, 0) is 11.3 Å². The van der Waals surface area contributed by atoms with E-state index in [4.69, 9.17) is 4.52 Å². The number of hydrogen-bond acceptors (Lipinski definition) is 5. The van der Waals surface area contributed by atoms with Crippen molar-refractivity contribution in [2.75, 3.05) is 18.4 Å². The summed E-state index contributed by atoms with van der Waals surface area (Å²) in [5, 5.41) is 11.1. The molecule has 0 bridgehead atoms. The molecule has 23 heavy (non-hydrogen) atoms. The molecule has 3 heterocycles. The Labute approximate surface area is 135 Å². The standard InChI is InChI=1S/C16H23N5O2/c1-11-7-12(2)21(18-11)9-14-5-4-6-20(14)10-16(22)17-15-8-13(3)23-19-15/h7-8,14H,4-6,9-10H2,1-3H3,(H,17,19,22)/t14-/m0/s1. The van der Waals surface area contributed by atoms with Gasteiger partial charge in [-0.1, -0.05) is 5.16 Å². The van der Waals surface area contributed by atoms with Gasteiger partial charge in [-0.05, 0) is 46.2 Å². The summed E-state index contributed by atoms with van der Waals surface area (Å²) >= 11 is 0. The fourth-order valence-electron chi connectivity index (χ4n) is 3.16. The molecule has 0 aliphatic carbocycles. The van der Waals surface area contributed by atoms with Gasteiger partial charge in [-0.2, -0.15) is 5.10 Å². The highest BCUT2D eigenvalue weighted by Gasteiger charge is 2.27. The van der Waals surface area contributed by atoms with Gasteiger partial charge in [0, 0.05) is 17.8 Å². The van der Waals surface area contributed by atoms with Crippen LogP contribution in [0, 0.1) is 20.8 Å². The van der Waals surface area contributed by atoms with E-state index in [2.05, 4.69) is 33.5 Å². The summed E-state index contributed by atoms with van der Waals surface area (Å²) in [7, 11) is 0. The number of amides is 1.